The van der Waals surface area contributed by atoms with Crippen molar-refractivity contribution in [3.63, 3.8) is 0 Å². The molecule has 86 valence electrons. The second-order valence-corrected chi connectivity index (χ2v) is 3.92. The maximum atomic E-state index is 9.02. The number of nitrogens with zero attached hydrogens (tertiary/aromatic N) is 1. The number of furan rings is 1. The molecule has 0 aliphatic carbocycles. The first-order chi connectivity index (χ1) is 8.29. The fourth-order valence-corrected chi connectivity index (χ4v) is 1.68. The molecular formula is C14H14N2O. The van der Waals surface area contributed by atoms with Crippen LogP contribution in [-0.2, 0) is 6.42 Å². The lowest BCUT2D eigenvalue weighted by atomic mass is 10.1. The molecule has 1 N–H and O–H groups in total. The Hall–Kier alpha value is -2.21. The van der Waals surface area contributed by atoms with Gasteiger partial charge in [-0.25, -0.2) is 0 Å². The van der Waals surface area contributed by atoms with Gasteiger partial charge < -0.3 is 9.73 Å². The Morgan fingerprint density at radius 2 is 2.24 bits per heavy atom. The molecule has 0 saturated carbocycles. The van der Waals surface area contributed by atoms with E-state index < -0.39 is 0 Å². The number of hydrogen-bond acceptors (Lipinski definition) is 3. The Bertz CT molecular complexity index is 524. The quantitative estimate of drug-likeness (QED) is 0.871. The van der Waals surface area contributed by atoms with Crippen LogP contribution in [0.4, 0.5) is 5.69 Å². The highest BCUT2D eigenvalue weighted by Crippen LogP contribution is 2.16. The molecule has 17 heavy (non-hydrogen) atoms. The third kappa shape index (κ3) is 2.88. The summed E-state index contributed by atoms with van der Waals surface area (Å²) >= 11 is 0. The van der Waals surface area contributed by atoms with Gasteiger partial charge in [-0.15, -0.1) is 0 Å². The van der Waals surface area contributed by atoms with Crippen LogP contribution in [0, 0.1) is 18.3 Å². The molecule has 0 bridgehead atoms. The van der Waals surface area contributed by atoms with Crippen LogP contribution in [0.2, 0.25) is 0 Å². The van der Waals surface area contributed by atoms with Gasteiger partial charge >= 0.3 is 0 Å². The van der Waals surface area contributed by atoms with Gasteiger partial charge in [-0.1, -0.05) is 6.07 Å². The van der Waals surface area contributed by atoms with E-state index >= 15 is 0 Å². The van der Waals surface area contributed by atoms with Crippen molar-refractivity contribution in [2.45, 2.75) is 13.3 Å². The molecule has 3 heteroatoms. The van der Waals surface area contributed by atoms with Gasteiger partial charge in [-0.05, 0) is 36.8 Å². The Morgan fingerprint density at radius 1 is 1.35 bits per heavy atom. The monoisotopic (exact) mass is 226 g/mol. The zero-order valence-corrected chi connectivity index (χ0v) is 9.73. The van der Waals surface area contributed by atoms with Gasteiger partial charge in [0.25, 0.3) is 0 Å². The molecule has 0 unspecified atom stereocenters. The van der Waals surface area contributed by atoms with E-state index in [1.807, 2.05) is 37.3 Å². The van der Waals surface area contributed by atoms with Crippen LogP contribution >= 0.6 is 0 Å². The summed E-state index contributed by atoms with van der Waals surface area (Å²) in [5.74, 6) is 0.947. The van der Waals surface area contributed by atoms with Crippen molar-refractivity contribution in [3.05, 3.63) is 53.5 Å². The molecule has 0 atom stereocenters. The third-order valence-electron chi connectivity index (χ3n) is 2.56. The van der Waals surface area contributed by atoms with Gasteiger partial charge in [0.15, 0.2) is 0 Å². The summed E-state index contributed by atoms with van der Waals surface area (Å²) in [6.45, 7) is 2.73. The maximum Gasteiger partial charge on any atom is 0.105 e. The Labute approximate surface area is 101 Å². The number of aryl methyl sites for hydroxylation is 1. The highest BCUT2D eigenvalue weighted by Gasteiger charge is 2.02. The third-order valence-corrected chi connectivity index (χ3v) is 2.56. The molecule has 1 heterocycles. The molecule has 1 aromatic heterocycles. The molecule has 3 nitrogen and oxygen atoms in total. The largest absolute Gasteiger partial charge is 0.469 e. The molecule has 0 radical (unpaired) electrons. The summed E-state index contributed by atoms with van der Waals surface area (Å²) < 4.78 is 5.24. The Balaban J connectivity index is 1.97. The average Bonchev–Trinajstić information content (AvgIpc) is 2.84. The van der Waals surface area contributed by atoms with E-state index in [9.17, 15) is 0 Å². The molecule has 0 aliphatic heterocycles. The Kier molecular flexibility index (Phi) is 3.46. The first-order valence-corrected chi connectivity index (χ1v) is 5.56. The van der Waals surface area contributed by atoms with Crippen molar-refractivity contribution >= 4 is 5.69 Å². The normalized spacial score (nSPS) is 9.88. The minimum absolute atomic E-state index is 0.685. The van der Waals surface area contributed by atoms with E-state index in [4.69, 9.17) is 9.68 Å². The summed E-state index contributed by atoms with van der Waals surface area (Å²) in [6.07, 6.45) is 2.48. The van der Waals surface area contributed by atoms with Gasteiger partial charge in [0.2, 0.25) is 0 Å². The van der Waals surface area contributed by atoms with Crippen LogP contribution in [0.5, 0.6) is 0 Å². The van der Waals surface area contributed by atoms with Gasteiger partial charge in [-0.3, -0.25) is 0 Å². The van der Waals surface area contributed by atoms with Gasteiger partial charge in [-0.2, -0.15) is 5.26 Å². The van der Waals surface area contributed by atoms with Crippen LogP contribution in [0.15, 0.2) is 41.0 Å². The SMILES string of the molecule is Cc1ccc(NCCc2ccco2)c(C#N)c1. The highest BCUT2D eigenvalue weighted by atomic mass is 16.3. The van der Waals surface area contributed by atoms with Crippen LogP contribution in [-0.4, -0.2) is 6.54 Å². The van der Waals surface area contributed by atoms with Gasteiger partial charge in [0.1, 0.15) is 11.8 Å². The van der Waals surface area contributed by atoms with Crippen LogP contribution in [0.3, 0.4) is 0 Å². The molecule has 1 aromatic carbocycles. The maximum absolute atomic E-state index is 9.02. The second-order valence-electron chi connectivity index (χ2n) is 3.92. The van der Waals surface area contributed by atoms with Gasteiger partial charge in [0, 0.05) is 13.0 Å². The van der Waals surface area contributed by atoms with E-state index in [0.717, 1.165) is 30.0 Å². The van der Waals surface area contributed by atoms with Crippen molar-refractivity contribution in [1.29, 1.82) is 5.26 Å². The van der Waals surface area contributed by atoms with Crippen LogP contribution in [0.25, 0.3) is 0 Å². The predicted molar refractivity (Wildman–Crippen MR) is 66.8 cm³/mol. The van der Waals surface area contributed by atoms with Crippen LogP contribution in [0.1, 0.15) is 16.9 Å². The smallest absolute Gasteiger partial charge is 0.105 e. The van der Waals surface area contributed by atoms with Crippen molar-refractivity contribution in [2.75, 3.05) is 11.9 Å². The van der Waals surface area contributed by atoms with Crippen LogP contribution < -0.4 is 5.32 Å². The first-order valence-electron chi connectivity index (χ1n) is 5.56. The van der Waals surface area contributed by atoms with E-state index in [2.05, 4.69) is 11.4 Å². The van der Waals surface area contributed by atoms with Crippen molar-refractivity contribution in [3.8, 4) is 6.07 Å². The molecule has 0 amide bonds. The summed E-state index contributed by atoms with van der Waals surface area (Å²) in [6, 6.07) is 11.8. The number of anilines is 1. The van der Waals surface area contributed by atoms with Gasteiger partial charge in [0.05, 0.1) is 17.5 Å². The molecule has 2 aromatic rings. The van der Waals surface area contributed by atoms with E-state index in [0.29, 0.717) is 5.56 Å². The topological polar surface area (TPSA) is 49.0 Å². The molecule has 0 aliphatic rings. The minimum atomic E-state index is 0.685. The number of nitrogens with one attached hydrogen (secondary N) is 1. The first kappa shape index (κ1) is 11.3. The van der Waals surface area contributed by atoms with Crippen molar-refractivity contribution in [1.82, 2.24) is 0 Å². The predicted octanol–water partition coefficient (Wildman–Crippen LogP) is 3.11. The lowest BCUT2D eigenvalue weighted by Crippen LogP contribution is -2.05. The average molecular weight is 226 g/mol. The van der Waals surface area contributed by atoms with Crippen molar-refractivity contribution < 1.29 is 4.42 Å². The van der Waals surface area contributed by atoms with E-state index in [1.165, 1.54) is 0 Å². The molecule has 2 rings (SSSR count). The van der Waals surface area contributed by atoms with E-state index in [1.54, 1.807) is 6.26 Å². The zero-order chi connectivity index (χ0) is 12.1. The number of benzene rings is 1. The summed E-state index contributed by atoms with van der Waals surface area (Å²) in [5, 5.41) is 12.3. The number of hydrogen-bond donors (Lipinski definition) is 1. The number of rotatable bonds is 4. The number of nitriles is 1. The summed E-state index contributed by atoms with van der Waals surface area (Å²) in [7, 11) is 0. The fourth-order valence-electron chi connectivity index (χ4n) is 1.68. The molecule has 0 spiro atoms. The Morgan fingerprint density at radius 3 is 2.94 bits per heavy atom. The lowest BCUT2D eigenvalue weighted by molar-refractivity contribution is 0.513. The standard InChI is InChI=1S/C14H14N2O/c1-11-4-5-14(12(9-11)10-15)16-7-6-13-3-2-8-17-13/h2-5,8-9,16H,6-7H2,1H3. The van der Waals surface area contributed by atoms with Crippen molar-refractivity contribution in [2.24, 2.45) is 0 Å². The molecule has 0 saturated heterocycles. The summed E-state index contributed by atoms with van der Waals surface area (Å²) in [4.78, 5) is 0. The van der Waals surface area contributed by atoms with E-state index in [-0.39, 0.29) is 0 Å². The highest BCUT2D eigenvalue weighted by molar-refractivity contribution is 5.58. The minimum Gasteiger partial charge on any atom is -0.469 e. The lowest BCUT2D eigenvalue weighted by Gasteiger charge is -2.07. The molecular weight excluding hydrogens is 212 g/mol. The second kappa shape index (κ2) is 5.22. The molecule has 0 fully saturated rings. The fraction of sp³-hybridized carbons (Fsp3) is 0.214. The summed E-state index contributed by atoms with van der Waals surface area (Å²) in [5.41, 5.74) is 2.66. The zero-order valence-electron chi connectivity index (χ0n) is 9.73.